The molecule has 0 radical (unpaired) electrons. The van der Waals surface area contributed by atoms with Gasteiger partial charge < -0.3 is 10.6 Å². The van der Waals surface area contributed by atoms with E-state index in [1.807, 2.05) is 42.5 Å². The quantitative estimate of drug-likeness (QED) is 0.493. The molecule has 7 heteroatoms. The lowest BCUT2D eigenvalue weighted by molar-refractivity contribution is -0.121. The van der Waals surface area contributed by atoms with Crippen LogP contribution < -0.4 is 21.5 Å². The van der Waals surface area contributed by atoms with Crippen LogP contribution in [0, 0.1) is 0 Å². The van der Waals surface area contributed by atoms with E-state index >= 15 is 0 Å². The van der Waals surface area contributed by atoms with Crippen molar-refractivity contribution in [1.82, 2.24) is 21.5 Å². The van der Waals surface area contributed by atoms with Gasteiger partial charge in [0.05, 0.1) is 6.42 Å². The lowest BCUT2D eigenvalue weighted by Crippen LogP contribution is -2.46. The Morgan fingerprint density at radius 1 is 1.16 bits per heavy atom. The molecule has 4 N–H and O–H groups in total. The van der Waals surface area contributed by atoms with Gasteiger partial charge in [-0.05, 0) is 40.5 Å². The fourth-order valence-corrected chi connectivity index (χ4v) is 2.79. The van der Waals surface area contributed by atoms with Crippen molar-refractivity contribution in [3.63, 3.8) is 0 Å². The third-order valence-electron chi connectivity index (χ3n) is 4.02. The number of thiocarbonyl (C=S) groups is 1. The number of fused-ring (bicyclic) bond motifs is 1. The fourth-order valence-electron chi connectivity index (χ4n) is 2.74. The minimum Gasteiger partial charge on any atom is -0.364 e. The van der Waals surface area contributed by atoms with Crippen molar-refractivity contribution < 1.29 is 9.59 Å². The smallest absolute Gasteiger partial charge is 0.251 e. The normalized spacial score (nSPS) is 12.1. The summed E-state index contributed by atoms with van der Waals surface area (Å²) in [6, 6.07) is 13.5. The number of carbonyl (C=O) groups is 2. The molecule has 25 heavy (non-hydrogen) atoms. The monoisotopic (exact) mass is 354 g/mol. The van der Waals surface area contributed by atoms with Gasteiger partial charge in [-0.2, -0.15) is 0 Å². The molecular formula is C18H18N4O2S. The zero-order chi connectivity index (χ0) is 17.8. The lowest BCUT2D eigenvalue weighted by atomic mass is 9.95. The second kappa shape index (κ2) is 7.31. The zero-order valence-electron chi connectivity index (χ0n) is 13.7. The van der Waals surface area contributed by atoms with Crippen molar-refractivity contribution in [1.29, 1.82) is 0 Å². The molecule has 1 aliphatic rings. The highest BCUT2D eigenvalue weighted by Crippen LogP contribution is 2.28. The van der Waals surface area contributed by atoms with Crippen LogP contribution in [0.5, 0.6) is 0 Å². The van der Waals surface area contributed by atoms with Crippen LogP contribution in [0.3, 0.4) is 0 Å². The molecule has 6 nitrogen and oxygen atoms in total. The van der Waals surface area contributed by atoms with Gasteiger partial charge in [-0.15, -0.1) is 0 Å². The topological polar surface area (TPSA) is 82.3 Å². The van der Waals surface area contributed by atoms with E-state index in [1.54, 1.807) is 7.05 Å². The van der Waals surface area contributed by atoms with Crippen molar-refractivity contribution in [3.8, 4) is 11.1 Å². The van der Waals surface area contributed by atoms with E-state index in [0.29, 0.717) is 17.2 Å². The molecule has 1 aliphatic heterocycles. The van der Waals surface area contributed by atoms with Crippen LogP contribution in [0.4, 0.5) is 0 Å². The second-order valence-electron chi connectivity index (χ2n) is 5.64. The number of amides is 2. The molecule has 0 aromatic heterocycles. The Balaban J connectivity index is 1.82. The summed E-state index contributed by atoms with van der Waals surface area (Å²) in [5, 5.41) is 5.87. The Kier molecular flexibility index (Phi) is 4.95. The van der Waals surface area contributed by atoms with Gasteiger partial charge in [-0.25, -0.2) is 0 Å². The molecule has 2 aromatic carbocycles. The number of rotatable bonds is 3. The average molecular weight is 354 g/mol. The van der Waals surface area contributed by atoms with Crippen LogP contribution in [0.15, 0.2) is 42.5 Å². The van der Waals surface area contributed by atoms with Crippen LogP contribution >= 0.6 is 12.2 Å². The van der Waals surface area contributed by atoms with Crippen LogP contribution in [0.2, 0.25) is 0 Å². The van der Waals surface area contributed by atoms with Gasteiger partial charge in [-0.3, -0.25) is 20.4 Å². The Labute approximate surface area is 151 Å². The van der Waals surface area contributed by atoms with E-state index < -0.39 is 0 Å². The average Bonchev–Trinajstić information content (AvgIpc) is 3.00. The highest BCUT2D eigenvalue weighted by Gasteiger charge is 2.19. The van der Waals surface area contributed by atoms with Gasteiger partial charge in [0.15, 0.2) is 5.11 Å². The lowest BCUT2D eigenvalue weighted by Gasteiger charge is -2.12. The molecule has 3 rings (SSSR count). The molecule has 0 atom stereocenters. The molecule has 0 saturated carbocycles. The molecule has 0 spiro atoms. The summed E-state index contributed by atoms with van der Waals surface area (Å²) < 4.78 is 0. The van der Waals surface area contributed by atoms with Crippen molar-refractivity contribution >= 4 is 29.1 Å². The SMILES string of the molecule is CNC(=S)NNC(=O)Cc1ccccc1-c1ccc2c(c1)C(=O)NC2. The van der Waals surface area contributed by atoms with Crippen molar-refractivity contribution in [2.75, 3.05) is 7.05 Å². The van der Waals surface area contributed by atoms with Crippen LogP contribution in [0.25, 0.3) is 11.1 Å². The number of nitrogens with one attached hydrogen (secondary N) is 4. The molecule has 0 fully saturated rings. The standard InChI is InChI=1S/C18H18N4O2S/c1-19-18(25)22-21-16(23)9-11-4-2-3-5-14(11)12-6-7-13-10-20-17(24)15(13)8-12/h2-8H,9-10H2,1H3,(H,20,24)(H,21,23)(H2,19,22,25). The number of carbonyl (C=O) groups excluding carboxylic acids is 2. The molecule has 0 unspecified atom stereocenters. The molecule has 128 valence electrons. The van der Waals surface area contributed by atoms with Crippen molar-refractivity contribution in [3.05, 3.63) is 59.2 Å². The van der Waals surface area contributed by atoms with Gasteiger partial charge in [-0.1, -0.05) is 36.4 Å². The highest BCUT2D eigenvalue weighted by molar-refractivity contribution is 7.80. The van der Waals surface area contributed by atoms with Crippen LogP contribution in [0.1, 0.15) is 21.5 Å². The summed E-state index contributed by atoms with van der Waals surface area (Å²) >= 11 is 4.92. The van der Waals surface area contributed by atoms with Gasteiger partial charge in [0, 0.05) is 19.2 Å². The van der Waals surface area contributed by atoms with E-state index in [2.05, 4.69) is 21.5 Å². The Hall–Kier alpha value is -2.93. The predicted octanol–water partition coefficient (Wildman–Crippen LogP) is 1.26. The molecule has 0 bridgehead atoms. The maximum Gasteiger partial charge on any atom is 0.251 e. The second-order valence-corrected chi connectivity index (χ2v) is 6.05. The van der Waals surface area contributed by atoms with E-state index in [4.69, 9.17) is 12.2 Å². The first-order chi connectivity index (χ1) is 12.1. The molecule has 0 saturated heterocycles. The number of benzene rings is 2. The van der Waals surface area contributed by atoms with Crippen molar-refractivity contribution in [2.45, 2.75) is 13.0 Å². The third kappa shape index (κ3) is 3.77. The molecule has 2 aromatic rings. The molecular weight excluding hydrogens is 336 g/mol. The van der Waals surface area contributed by atoms with Gasteiger partial charge in [0.2, 0.25) is 5.91 Å². The first-order valence-electron chi connectivity index (χ1n) is 7.84. The molecule has 0 aliphatic carbocycles. The van der Waals surface area contributed by atoms with E-state index in [0.717, 1.165) is 22.3 Å². The number of hydrogen-bond donors (Lipinski definition) is 4. The predicted molar refractivity (Wildman–Crippen MR) is 99.7 cm³/mol. The van der Waals surface area contributed by atoms with E-state index in [1.165, 1.54) is 0 Å². The Morgan fingerprint density at radius 2 is 1.96 bits per heavy atom. The first-order valence-corrected chi connectivity index (χ1v) is 8.25. The summed E-state index contributed by atoms with van der Waals surface area (Å²) in [5.74, 6) is -0.263. The highest BCUT2D eigenvalue weighted by atomic mass is 32.1. The van der Waals surface area contributed by atoms with E-state index in [9.17, 15) is 9.59 Å². The summed E-state index contributed by atoms with van der Waals surface area (Å²) in [6.07, 6.45) is 0.193. The van der Waals surface area contributed by atoms with E-state index in [-0.39, 0.29) is 18.2 Å². The Morgan fingerprint density at radius 3 is 2.76 bits per heavy atom. The maximum absolute atomic E-state index is 12.1. The van der Waals surface area contributed by atoms with Gasteiger partial charge in [0.1, 0.15) is 0 Å². The maximum atomic E-state index is 12.1. The molecule has 2 amide bonds. The number of hydrazine groups is 1. The molecule has 1 heterocycles. The van der Waals surface area contributed by atoms with Gasteiger partial charge in [0.25, 0.3) is 5.91 Å². The number of hydrogen-bond acceptors (Lipinski definition) is 3. The van der Waals surface area contributed by atoms with Crippen LogP contribution in [-0.2, 0) is 17.8 Å². The fraction of sp³-hybridized carbons (Fsp3) is 0.167. The third-order valence-corrected chi connectivity index (χ3v) is 4.32. The van der Waals surface area contributed by atoms with Crippen molar-refractivity contribution in [2.24, 2.45) is 0 Å². The largest absolute Gasteiger partial charge is 0.364 e. The zero-order valence-corrected chi connectivity index (χ0v) is 14.5. The van der Waals surface area contributed by atoms with Crippen LogP contribution in [-0.4, -0.2) is 24.0 Å². The minimum absolute atomic E-state index is 0.0585. The summed E-state index contributed by atoms with van der Waals surface area (Å²) in [4.78, 5) is 24.0. The minimum atomic E-state index is -0.205. The first kappa shape index (κ1) is 16.9. The Bertz CT molecular complexity index is 851. The van der Waals surface area contributed by atoms with Gasteiger partial charge >= 0.3 is 0 Å². The summed E-state index contributed by atoms with van der Waals surface area (Å²) in [5.41, 5.74) is 9.57. The summed E-state index contributed by atoms with van der Waals surface area (Å²) in [6.45, 7) is 0.565. The summed E-state index contributed by atoms with van der Waals surface area (Å²) in [7, 11) is 1.67.